The van der Waals surface area contributed by atoms with Crippen LogP contribution in [0.5, 0.6) is 0 Å². The molecule has 2 aromatic heterocycles. The summed E-state index contributed by atoms with van der Waals surface area (Å²) in [6.45, 7) is 8.53. The molecular weight excluding hydrogens is 536 g/mol. The second-order valence-electron chi connectivity index (χ2n) is 12.5. The standard InChI is InChI=1S/C30H38N8O4/c1-29(2,3)42-28(41)38-23-18-21-19-31-27(33-24(21)37(23)30(26(40)34-38)12-6-5-7-13-30)32-22-10-8-20(9-11-22)25(39)36-16-14-35(4)15-17-36/h8-11,18-19H,5-7,12-17H2,1-4H3,(H,34,40)(H,31,32,33). The summed E-state index contributed by atoms with van der Waals surface area (Å²) < 4.78 is 7.51. The molecule has 3 aliphatic rings. The van der Waals surface area contributed by atoms with Crippen LogP contribution < -0.4 is 15.8 Å². The zero-order chi connectivity index (χ0) is 29.6. The van der Waals surface area contributed by atoms with Crippen LogP contribution in [-0.4, -0.2) is 81.1 Å². The number of benzene rings is 1. The maximum absolute atomic E-state index is 13.7. The number of ether oxygens (including phenoxy) is 1. The van der Waals surface area contributed by atoms with Crippen molar-refractivity contribution >= 4 is 46.4 Å². The van der Waals surface area contributed by atoms with Crippen molar-refractivity contribution in [3.63, 3.8) is 0 Å². The highest BCUT2D eigenvalue weighted by molar-refractivity contribution is 6.01. The highest BCUT2D eigenvalue weighted by Gasteiger charge is 2.49. The zero-order valence-electron chi connectivity index (χ0n) is 24.6. The molecule has 222 valence electrons. The van der Waals surface area contributed by atoms with Gasteiger partial charge in [0.1, 0.15) is 22.6 Å². The van der Waals surface area contributed by atoms with E-state index in [1.54, 1.807) is 39.1 Å². The lowest BCUT2D eigenvalue weighted by Crippen LogP contribution is -2.62. The van der Waals surface area contributed by atoms with Crippen LogP contribution in [-0.2, 0) is 15.1 Å². The lowest BCUT2D eigenvalue weighted by Gasteiger charge is -2.44. The van der Waals surface area contributed by atoms with E-state index in [4.69, 9.17) is 9.72 Å². The number of rotatable bonds is 3. The highest BCUT2D eigenvalue weighted by Crippen LogP contribution is 2.44. The summed E-state index contributed by atoms with van der Waals surface area (Å²) in [5.74, 6) is 0.630. The summed E-state index contributed by atoms with van der Waals surface area (Å²) in [7, 11) is 2.06. The summed E-state index contributed by atoms with van der Waals surface area (Å²) in [6, 6.07) is 9.11. The van der Waals surface area contributed by atoms with E-state index in [-0.39, 0.29) is 11.8 Å². The maximum Gasteiger partial charge on any atom is 0.435 e. The van der Waals surface area contributed by atoms with E-state index < -0.39 is 17.2 Å². The number of piperazine rings is 1. The molecule has 1 saturated heterocycles. The predicted octanol–water partition coefficient (Wildman–Crippen LogP) is 4.01. The van der Waals surface area contributed by atoms with Gasteiger partial charge in [0.25, 0.3) is 11.8 Å². The summed E-state index contributed by atoms with van der Waals surface area (Å²) in [6.07, 6.45) is 5.16. The number of nitrogens with one attached hydrogen (secondary N) is 2. The predicted molar refractivity (Wildman–Crippen MR) is 159 cm³/mol. The normalized spacial score (nSPS) is 19.0. The highest BCUT2D eigenvalue weighted by atomic mass is 16.6. The molecule has 1 aliphatic carbocycles. The van der Waals surface area contributed by atoms with Gasteiger partial charge in [0.15, 0.2) is 0 Å². The van der Waals surface area contributed by atoms with Gasteiger partial charge in [-0.3, -0.25) is 19.6 Å². The number of fused-ring (bicyclic) bond motifs is 4. The third kappa shape index (κ3) is 5.15. The van der Waals surface area contributed by atoms with Gasteiger partial charge >= 0.3 is 6.09 Å². The van der Waals surface area contributed by atoms with E-state index >= 15 is 0 Å². The molecular formula is C30H38N8O4. The first-order valence-corrected chi connectivity index (χ1v) is 14.6. The van der Waals surface area contributed by atoms with E-state index in [0.29, 0.717) is 41.2 Å². The third-order valence-corrected chi connectivity index (χ3v) is 8.25. The van der Waals surface area contributed by atoms with Crippen molar-refractivity contribution in [3.05, 3.63) is 42.1 Å². The summed E-state index contributed by atoms with van der Waals surface area (Å²) in [5.41, 5.74) is 3.15. The minimum Gasteiger partial charge on any atom is -0.442 e. The fourth-order valence-corrected chi connectivity index (χ4v) is 6.04. The van der Waals surface area contributed by atoms with Crippen LogP contribution in [0.15, 0.2) is 36.5 Å². The van der Waals surface area contributed by atoms with E-state index in [1.807, 2.05) is 27.7 Å². The number of hydrogen-bond donors (Lipinski definition) is 2. The molecule has 12 heteroatoms. The quantitative estimate of drug-likeness (QED) is 0.481. The van der Waals surface area contributed by atoms with Gasteiger partial charge in [-0.1, -0.05) is 19.3 Å². The molecule has 0 atom stereocenters. The maximum atomic E-state index is 13.7. The molecule has 0 bridgehead atoms. The Kier molecular flexibility index (Phi) is 7.04. The molecule has 0 unspecified atom stereocenters. The van der Waals surface area contributed by atoms with Gasteiger partial charge in [-0.15, -0.1) is 0 Å². The van der Waals surface area contributed by atoms with Crippen LogP contribution in [0.25, 0.3) is 11.0 Å². The van der Waals surface area contributed by atoms with Crippen molar-refractivity contribution in [2.24, 2.45) is 0 Å². The molecule has 3 aromatic rings. The first-order chi connectivity index (χ1) is 20.0. The zero-order valence-corrected chi connectivity index (χ0v) is 24.6. The number of hydrogen-bond acceptors (Lipinski definition) is 8. The first-order valence-electron chi connectivity index (χ1n) is 14.6. The summed E-state index contributed by atoms with van der Waals surface area (Å²) >= 11 is 0. The molecule has 42 heavy (non-hydrogen) atoms. The summed E-state index contributed by atoms with van der Waals surface area (Å²) in [4.78, 5) is 53.2. The SMILES string of the molecule is CN1CCN(C(=O)c2ccc(Nc3ncc4cc5n(c4n3)C3(CCCCC3)C(=O)NN5C(=O)OC(C)(C)C)cc2)CC1. The van der Waals surface area contributed by atoms with Crippen molar-refractivity contribution in [1.29, 1.82) is 0 Å². The lowest BCUT2D eigenvalue weighted by atomic mass is 9.80. The van der Waals surface area contributed by atoms with Crippen LogP contribution in [0.2, 0.25) is 0 Å². The summed E-state index contributed by atoms with van der Waals surface area (Å²) in [5, 5.41) is 5.12. The van der Waals surface area contributed by atoms with Crippen LogP contribution in [0.3, 0.4) is 0 Å². The Morgan fingerprint density at radius 2 is 1.71 bits per heavy atom. The van der Waals surface area contributed by atoms with Crippen LogP contribution in [0.1, 0.15) is 63.2 Å². The van der Waals surface area contributed by atoms with Crippen molar-refractivity contribution in [3.8, 4) is 0 Å². The molecule has 4 heterocycles. The number of likely N-dealkylation sites (N-methyl/N-ethyl adjacent to an activating group) is 1. The Bertz CT molecular complexity index is 1510. The number of amides is 3. The third-order valence-electron chi connectivity index (χ3n) is 8.25. The Morgan fingerprint density at radius 1 is 1.02 bits per heavy atom. The number of carbonyl (C=O) groups is 3. The molecule has 2 fully saturated rings. The number of anilines is 3. The van der Waals surface area contributed by atoms with Gasteiger partial charge in [-0.25, -0.2) is 9.78 Å². The monoisotopic (exact) mass is 574 g/mol. The van der Waals surface area contributed by atoms with E-state index in [2.05, 4.69) is 27.7 Å². The Labute approximate surface area is 245 Å². The average Bonchev–Trinajstić information content (AvgIpc) is 3.35. The molecule has 1 saturated carbocycles. The number of nitrogens with zero attached hydrogens (tertiary/aromatic N) is 6. The molecule has 2 N–H and O–H groups in total. The number of aromatic nitrogens is 3. The van der Waals surface area contributed by atoms with Crippen molar-refractivity contribution < 1.29 is 19.1 Å². The van der Waals surface area contributed by atoms with Gasteiger partial charge in [0, 0.05) is 49.0 Å². The topological polar surface area (TPSA) is 125 Å². The van der Waals surface area contributed by atoms with Crippen LogP contribution in [0, 0.1) is 0 Å². The molecule has 0 radical (unpaired) electrons. The van der Waals surface area contributed by atoms with Crippen molar-refractivity contribution in [2.45, 2.75) is 64.0 Å². The van der Waals surface area contributed by atoms with Gasteiger partial charge in [0.05, 0.1) is 0 Å². The fourth-order valence-electron chi connectivity index (χ4n) is 6.04. The number of hydrazine groups is 1. The second kappa shape index (κ2) is 10.6. The Morgan fingerprint density at radius 3 is 2.38 bits per heavy atom. The van der Waals surface area contributed by atoms with Crippen molar-refractivity contribution in [2.75, 3.05) is 43.6 Å². The molecule has 12 nitrogen and oxygen atoms in total. The molecule has 1 aromatic carbocycles. The van der Waals surface area contributed by atoms with Crippen LogP contribution in [0.4, 0.5) is 22.2 Å². The fraction of sp³-hybridized carbons (Fsp3) is 0.500. The Balaban J connectivity index is 1.31. The minimum absolute atomic E-state index is 0.0257. The average molecular weight is 575 g/mol. The molecule has 6 rings (SSSR count). The smallest absolute Gasteiger partial charge is 0.435 e. The van der Waals surface area contributed by atoms with Crippen molar-refractivity contribution in [1.82, 2.24) is 29.8 Å². The first kappa shape index (κ1) is 28.0. The number of carbonyl (C=O) groups excluding carboxylic acids is 3. The molecule has 3 amide bonds. The van der Waals surface area contributed by atoms with E-state index in [9.17, 15) is 14.4 Å². The largest absolute Gasteiger partial charge is 0.442 e. The van der Waals surface area contributed by atoms with Gasteiger partial charge in [0.2, 0.25) is 5.95 Å². The van der Waals surface area contributed by atoms with E-state index in [1.165, 1.54) is 5.01 Å². The molecule has 1 spiro atoms. The molecule has 2 aliphatic heterocycles. The van der Waals surface area contributed by atoms with E-state index in [0.717, 1.165) is 51.1 Å². The Hall–Kier alpha value is -4.19. The van der Waals surface area contributed by atoms with Gasteiger partial charge in [-0.05, 0) is 71.0 Å². The second-order valence-corrected chi connectivity index (χ2v) is 12.5. The van der Waals surface area contributed by atoms with Gasteiger partial charge < -0.3 is 19.9 Å². The lowest BCUT2D eigenvalue weighted by molar-refractivity contribution is -0.133. The van der Waals surface area contributed by atoms with Gasteiger partial charge in [-0.2, -0.15) is 9.99 Å². The minimum atomic E-state index is -0.856. The van der Waals surface area contributed by atoms with Crippen LogP contribution >= 0.6 is 0 Å².